The van der Waals surface area contributed by atoms with Gasteiger partial charge in [0.15, 0.2) is 0 Å². The molecule has 0 aliphatic heterocycles. The summed E-state index contributed by atoms with van der Waals surface area (Å²) in [4.78, 5) is 10.9. The number of carboxylic acids is 1. The zero-order valence-corrected chi connectivity index (χ0v) is 11.4. The summed E-state index contributed by atoms with van der Waals surface area (Å²) in [7, 11) is 1.64. The molecule has 0 atom stereocenters. The zero-order valence-electron chi connectivity index (χ0n) is 11.4. The van der Waals surface area contributed by atoms with E-state index in [1.807, 2.05) is 32.0 Å². The molecule has 0 unspecified atom stereocenters. The summed E-state index contributed by atoms with van der Waals surface area (Å²) in [5.41, 5.74) is 2.87. The van der Waals surface area contributed by atoms with Crippen molar-refractivity contribution < 1.29 is 14.6 Å². The first-order valence-corrected chi connectivity index (χ1v) is 6.11. The number of allylic oxidation sites excluding steroid dienone is 1. The molecule has 0 spiro atoms. The van der Waals surface area contributed by atoms with E-state index in [1.165, 1.54) is 6.08 Å². The van der Waals surface area contributed by atoms with Crippen LogP contribution in [-0.2, 0) is 11.2 Å². The Kier molecular flexibility index (Phi) is 4.95. The highest BCUT2D eigenvalue weighted by Crippen LogP contribution is 2.28. The minimum Gasteiger partial charge on any atom is -0.496 e. The second kappa shape index (κ2) is 6.24. The highest BCUT2D eigenvalue weighted by atomic mass is 16.5. The van der Waals surface area contributed by atoms with E-state index in [0.717, 1.165) is 28.9 Å². The lowest BCUT2D eigenvalue weighted by atomic mass is 9.93. The zero-order chi connectivity index (χ0) is 13.7. The number of aryl methyl sites for hydroxylation is 1. The van der Waals surface area contributed by atoms with Crippen LogP contribution in [0.4, 0.5) is 0 Å². The van der Waals surface area contributed by atoms with Crippen LogP contribution in [0.25, 0.3) is 5.57 Å². The first-order chi connectivity index (χ1) is 8.49. The van der Waals surface area contributed by atoms with Gasteiger partial charge in [-0.3, -0.25) is 0 Å². The van der Waals surface area contributed by atoms with E-state index in [-0.39, 0.29) is 5.92 Å². The third-order valence-electron chi connectivity index (χ3n) is 2.90. The fraction of sp³-hybridized carbons (Fsp3) is 0.400. The van der Waals surface area contributed by atoms with Gasteiger partial charge in [0.2, 0.25) is 0 Å². The van der Waals surface area contributed by atoms with E-state index >= 15 is 0 Å². The van der Waals surface area contributed by atoms with E-state index in [0.29, 0.717) is 0 Å². The second-order valence-electron chi connectivity index (χ2n) is 4.47. The minimum absolute atomic E-state index is 0.166. The summed E-state index contributed by atoms with van der Waals surface area (Å²) in [6.45, 7) is 6.03. The van der Waals surface area contributed by atoms with Crippen LogP contribution < -0.4 is 4.74 Å². The minimum atomic E-state index is -0.910. The molecule has 98 valence electrons. The fourth-order valence-corrected chi connectivity index (χ4v) is 1.95. The Bertz CT molecular complexity index is 459. The topological polar surface area (TPSA) is 46.5 Å². The summed E-state index contributed by atoms with van der Waals surface area (Å²) < 4.78 is 5.28. The van der Waals surface area contributed by atoms with Crippen molar-refractivity contribution in [3.05, 3.63) is 35.4 Å². The summed E-state index contributed by atoms with van der Waals surface area (Å²) >= 11 is 0. The third kappa shape index (κ3) is 3.36. The predicted molar refractivity (Wildman–Crippen MR) is 72.8 cm³/mol. The number of hydrogen-bond acceptors (Lipinski definition) is 2. The number of benzene rings is 1. The Morgan fingerprint density at radius 3 is 2.56 bits per heavy atom. The smallest absolute Gasteiger partial charge is 0.328 e. The summed E-state index contributed by atoms with van der Waals surface area (Å²) in [6, 6.07) is 5.81. The summed E-state index contributed by atoms with van der Waals surface area (Å²) in [5.74, 6) is 0.103. The maximum atomic E-state index is 10.9. The molecule has 1 aromatic carbocycles. The highest BCUT2D eigenvalue weighted by Gasteiger charge is 2.11. The van der Waals surface area contributed by atoms with Crippen LogP contribution in [0.1, 0.15) is 31.9 Å². The van der Waals surface area contributed by atoms with Crippen LogP contribution in [0, 0.1) is 5.92 Å². The number of ether oxygens (including phenoxy) is 1. The molecule has 18 heavy (non-hydrogen) atoms. The largest absolute Gasteiger partial charge is 0.496 e. The molecular formula is C15H20O3. The first kappa shape index (κ1) is 14.3. The Balaban J connectivity index is 3.26. The molecule has 1 rings (SSSR count). The van der Waals surface area contributed by atoms with Gasteiger partial charge in [-0.05, 0) is 41.2 Å². The standard InChI is InChI=1S/C15H20O3/c1-5-11-8-12(6-7-14(11)18-4)13(10(2)3)9-15(16)17/h6-10H,5H2,1-4H3,(H,16,17)/b13-9+. The van der Waals surface area contributed by atoms with Gasteiger partial charge in [-0.2, -0.15) is 0 Å². The molecule has 0 amide bonds. The average Bonchev–Trinajstić information content (AvgIpc) is 2.34. The van der Waals surface area contributed by atoms with Gasteiger partial charge < -0.3 is 9.84 Å². The van der Waals surface area contributed by atoms with Gasteiger partial charge in [-0.25, -0.2) is 4.79 Å². The predicted octanol–water partition coefficient (Wildman–Crippen LogP) is 3.38. The van der Waals surface area contributed by atoms with E-state index in [9.17, 15) is 4.79 Å². The number of hydrogen-bond donors (Lipinski definition) is 1. The maximum Gasteiger partial charge on any atom is 0.328 e. The molecule has 0 saturated heterocycles. The third-order valence-corrected chi connectivity index (χ3v) is 2.90. The number of methoxy groups -OCH3 is 1. The van der Waals surface area contributed by atoms with Gasteiger partial charge in [-0.1, -0.05) is 26.8 Å². The molecule has 3 nitrogen and oxygen atoms in total. The molecule has 0 saturated carbocycles. The Morgan fingerprint density at radius 2 is 2.11 bits per heavy atom. The Morgan fingerprint density at radius 1 is 1.44 bits per heavy atom. The van der Waals surface area contributed by atoms with Crippen molar-refractivity contribution in [3.8, 4) is 5.75 Å². The van der Waals surface area contributed by atoms with E-state index in [2.05, 4.69) is 6.92 Å². The van der Waals surface area contributed by atoms with Crippen LogP contribution in [0.2, 0.25) is 0 Å². The van der Waals surface area contributed by atoms with Crippen molar-refractivity contribution in [2.24, 2.45) is 5.92 Å². The molecular weight excluding hydrogens is 228 g/mol. The highest BCUT2D eigenvalue weighted by molar-refractivity contribution is 5.90. The Hall–Kier alpha value is -1.77. The Labute approximate surface area is 108 Å². The SMILES string of the molecule is CCc1cc(/C(=C/C(=O)O)C(C)C)ccc1OC. The number of aliphatic carboxylic acids is 1. The summed E-state index contributed by atoms with van der Waals surface area (Å²) in [5, 5.41) is 8.92. The molecule has 0 fully saturated rings. The first-order valence-electron chi connectivity index (χ1n) is 6.11. The van der Waals surface area contributed by atoms with Crippen molar-refractivity contribution in [1.29, 1.82) is 0 Å². The average molecular weight is 248 g/mol. The van der Waals surface area contributed by atoms with Gasteiger partial charge in [-0.15, -0.1) is 0 Å². The van der Waals surface area contributed by atoms with Crippen molar-refractivity contribution in [1.82, 2.24) is 0 Å². The molecule has 0 aliphatic rings. The van der Waals surface area contributed by atoms with Crippen LogP contribution in [0.5, 0.6) is 5.75 Å². The lowest BCUT2D eigenvalue weighted by Gasteiger charge is -2.14. The summed E-state index contributed by atoms with van der Waals surface area (Å²) in [6.07, 6.45) is 2.14. The molecule has 0 bridgehead atoms. The molecule has 0 aliphatic carbocycles. The van der Waals surface area contributed by atoms with Crippen molar-refractivity contribution >= 4 is 11.5 Å². The van der Waals surface area contributed by atoms with Crippen LogP contribution in [0.15, 0.2) is 24.3 Å². The number of carboxylic acid groups (broad SMARTS) is 1. The lowest BCUT2D eigenvalue weighted by molar-refractivity contribution is -0.131. The van der Waals surface area contributed by atoms with E-state index < -0.39 is 5.97 Å². The van der Waals surface area contributed by atoms with Crippen molar-refractivity contribution in [2.45, 2.75) is 27.2 Å². The van der Waals surface area contributed by atoms with Gasteiger partial charge >= 0.3 is 5.97 Å². The van der Waals surface area contributed by atoms with Gasteiger partial charge in [0, 0.05) is 6.08 Å². The quantitative estimate of drug-likeness (QED) is 0.812. The van der Waals surface area contributed by atoms with Crippen molar-refractivity contribution in [2.75, 3.05) is 7.11 Å². The maximum absolute atomic E-state index is 10.9. The molecule has 1 N–H and O–H groups in total. The monoisotopic (exact) mass is 248 g/mol. The van der Waals surface area contributed by atoms with Crippen LogP contribution in [-0.4, -0.2) is 18.2 Å². The van der Waals surface area contributed by atoms with Crippen LogP contribution in [0.3, 0.4) is 0 Å². The molecule has 0 aromatic heterocycles. The number of rotatable bonds is 5. The molecule has 1 aromatic rings. The van der Waals surface area contributed by atoms with Gasteiger partial charge in [0.1, 0.15) is 5.75 Å². The molecule has 3 heteroatoms. The lowest BCUT2D eigenvalue weighted by Crippen LogP contribution is -2.00. The second-order valence-corrected chi connectivity index (χ2v) is 4.47. The van der Waals surface area contributed by atoms with Crippen molar-refractivity contribution in [3.63, 3.8) is 0 Å². The number of carbonyl (C=O) groups is 1. The van der Waals surface area contributed by atoms with E-state index in [4.69, 9.17) is 9.84 Å². The van der Waals surface area contributed by atoms with Gasteiger partial charge in [0.25, 0.3) is 0 Å². The molecule has 0 heterocycles. The molecule has 0 radical (unpaired) electrons. The van der Waals surface area contributed by atoms with E-state index in [1.54, 1.807) is 7.11 Å². The van der Waals surface area contributed by atoms with Crippen LogP contribution >= 0.6 is 0 Å². The van der Waals surface area contributed by atoms with Gasteiger partial charge in [0.05, 0.1) is 7.11 Å². The normalized spacial score (nSPS) is 11.7. The fourth-order valence-electron chi connectivity index (χ4n) is 1.95.